The van der Waals surface area contributed by atoms with E-state index >= 15 is 0 Å². The van der Waals surface area contributed by atoms with Crippen LogP contribution in [0, 0.1) is 6.92 Å². The number of fused-ring (bicyclic) bond motifs is 1. The van der Waals surface area contributed by atoms with E-state index in [2.05, 4.69) is 15.2 Å². The Morgan fingerprint density at radius 2 is 2.32 bits per heavy atom. The van der Waals surface area contributed by atoms with Crippen LogP contribution in [0.4, 0.5) is 5.82 Å². The number of H-pyrrole nitrogens is 1. The van der Waals surface area contributed by atoms with E-state index in [0.29, 0.717) is 18.0 Å². The van der Waals surface area contributed by atoms with Gasteiger partial charge in [-0.15, -0.1) is 0 Å². The number of aliphatic hydroxyl groups is 1. The first-order valence-corrected chi connectivity index (χ1v) is 6.38. The fraction of sp³-hybridized carbons (Fsp3) is 0.583. The maximum atomic E-state index is 11.5. The lowest BCUT2D eigenvalue weighted by molar-refractivity contribution is 0.0447. The first kappa shape index (κ1) is 12.2. The van der Waals surface area contributed by atoms with Gasteiger partial charge in [-0.25, -0.2) is 19.3 Å². The van der Waals surface area contributed by atoms with Crippen LogP contribution in [-0.4, -0.2) is 43.4 Å². The Labute approximate surface area is 109 Å². The highest BCUT2D eigenvalue weighted by atomic mass is 16.3. The largest absolute Gasteiger partial charge is 0.388 e. The first-order valence-electron chi connectivity index (χ1n) is 6.38. The van der Waals surface area contributed by atoms with E-state index in [1.807, 2.05) is 11.8 Å². The molecule has 7 heteroatoms. The topological polar surface area (TPSA) is 86.5 Å². The van der Waals surface area contributed by atoms with Crippen molar-refractivity contribution in [3.05, 3.63) is 22.4 Å². The summed E-state index contributed by atoms with van der Waals surface area (Å²) in [6.07, 6.45) is 1.72. The van der Waals surface area contributed by atoms with E-state index in [0.717, 1.165) is 25.2 Å². The molecule has 0 saturated carbocycles. The molecule has 2 aromatic rings. The van der Waals surface area contributed by atoms with Gasteiger partial charge in [0.1, 0.15) is 11.6 Å². The van der Waals surface area contributed by atoms with E-state index in [4.69, 9.17) is 0 Å². The van der Waals surface area contributed by atoms with Crippen molar-refractivity contribution in [2.45, 2.75) is 32.3 Å². The van der Waals surface area contributed by atoms with Gasteiger partial charge in [-0.3, -0.25) is 0 Å². The van der Waals surface area contributed by atoms with Crippen LogP contribution in [0.25, 0.3) is 5.65 Å². The summed E-state index contributed by atoms with van der Waals surface area (Å²) >= 11 is 0. The number of nitrogens with zero attached hydrogens (tertiary/aromatic N) is 4. The van der Waals surface area contributed by atoms with Crippen LogP contribution < -0.4 is 10.6 Å². The third-order valence-electron chi connectivity index (χ3n) is 3.56. The monoisotopic (exact) mass is 263 g/mol. The van der Waals surface area contributed by atoms with Crippen LogP contribution in [0.5, 0.6) is 0 Å². The maximum absolute atomic E-state index is 11.5. The Balaban J connectivity index is 2.03. The van der Waals surface area contributed by atoms with E-state index in [1.165, 1.54) is 4.40 Å². The Morgan fingerprint density at radius 1 is 1.53 bits per heavy atom. The molecule has 1 atom stereocenters. The molecule has 1 aliphatic heterocycles. The second kappa shape index (κ2) is 4.06. The predicted octanol–water partition coefficient (Wildman–Crippen LogP) is 0.0772. The molecule has 0 bridgehead atoms. The lowest BCUT2D eigenvalue weighted by atomic mass is 9.95. The molecule has 3 heterocycles. The lowest BCUT2D eigenvalue weighted by Crippen LogP contribution is -2.46. The smallest absolute Gasteiger partial charge is 0.349 e. The van der Waals surface area contributed by atoms with Crippen molar-refractivity contribution in [3.63, 3.8) is 0 Å². The van der Waals surface area contributed by atoms with Crippen molar-refractivity contribution in [3.8, 4) is 0 Å². The number of hydrogen-bond acceptors (Lipinski definition) is 5. The highest BCUT2D eigenvalue weighted by molar-refractivity contribution is 5.51. The van der Waals surface area contributed by atoms with Crippen molar-refractivity contribution >= 4 is 11.5 Å². The van der Waals surface area contributed by atoms with E-state index in [9.17, 15) is 9.90 Å². The highest BCUT2D eigenvalue weighted by Crippen LogP contribution is 2.24. The third kappa shape index (κ3) is 2.10. The number of nitrogens with one attached hydrogen (secondary N) is 1. The number of anilines is 1. The summed E-state index contributed by atoms with van der Waals surface area (Å²) in [4.78, 5) is 18.0. The van der Waals surface area contributed by atoms with E-state index in [1.54, 1.807) is 13.0 Å². The molecule has 0 radical (unpaired) electrons. The average molecular weight is 263 g/mol. The van der Waals surface area contributed by atoms with Crippen molar-refractivity contribution < 1.29 is 5.11 Å². The lowest BCUT2D eigenvalue weighted by Gasteiger charge is -2.37. The number of aryl methyl sites for hydroxylation is 1. The van der Waals surface area contributed by atoms with Gasteiger partial charge in [0, 0.05) is 19.2 Å². The molecule has 1 saturated heterocycles. The second-order valence-electron chi connectivity index (χ2n) is 5.41. The standard InChI is InChI=1S/C12H17N5O2/c1-8-13-9(6-10-14-15-11(18)17(8)10)16-5-3-4-12(2,19)7-16/h6,19H,3-5,7H2,1-2H3,(H,15,18). The molecule has 0 amide bonds. The van der Waals surface area contributed by atoms with Crippen LogP contribution in [0.1, 0.15) is 25.6 Å². The molecule has 0 aromatic carbocycles. The Kier molecular flexibility index (Phi) is 2.60. The van der Waals surface area contributed by atoms with Crippen molar-refractivity contribution in [1.82, 2.24) is 19.6 Å². The molecule has 1 aliphatic rings. The van der Waals surface area contributed by atoms with Gasteiger partial charge in [-0.1, -0.05) is 0 Å². The van der Waals surface area contributed by atoms with Crippen LogP contribution in [-0.2, 0) is 0 Å². The van der Waals surface area contributed by atoms with Crippen LogP contribution >= 0.6 is 0 Å². The molecular weight excluding hydrogens is 246 g/mol. The average Bonchev–Trinajstić information content (AvgIpc) is 2.70. The Morgan fingerprint density at radius 3 is 3.05 bits per heavy atom. The number of rotatable bonds is 1. The van der Waals surface area contributed by atoms with Gasteiger partial charge in [0.25, 0.3) is 0 Å². The summed E-state index contributed by atoms with van der Waals surface area (Å²) in [5.41, 5.74) is -0.416. The zero-order valence-electron chi connectivity index (χ0n) is 11.1. The molecule has 2 aromatic heterocycles. The quantitative estimate of drug-likeness (QED) is 0.760. The summed E-state index contributed by atoms with van der Waals surface area (Å²) in [7, 11) is 0. The molecule has 102 valence electrons. The molecular formula is C12H17N5O2. The number of aromatic nitrogens is 4. The van der Waals surface area contributed by atoms with Crippen LogP contribution in [0.2, 0.25) is 0 Å². The number of β-amino-alcohol motifs (C(OH)–C–C–N with tert-alkyl or cyclic N) is 1. The van der Waals surface area contributed by atoms with Crippen molar-refractivity contribution in [2.75, 3.05) is 18.0 Å². The van der Waals surface area contributed by atoms with Gasteiger partial charge in [0.2, 0.25) is 0 Å². The summed E-state index contributed by atoms with van der Waals surface area (Å²) in [6.45, 7) is 5.01. The van der Waals surface area contributed by atoms with Crippen LogP contribution in [0.3, 0.4) is 0 Å². The van der Waals surface area contributed by atoms with Gasteiger partial charge in [0.05, 0.1) is 5.60 Å². The second-order valence-corrected chi connectivity index (χ2v) is 5.41. The predicted molar refractivity (Wildman–Crippen MR) is 70.4 cm³/mol. The molecule has 3 rings (SSSR count). The minimum absolute atomic E-state index is 0.280. The summed E-state index contributed by atoms with van der Waals surface area (Å²) in [5.74, 6) is 1.35. The minimum Gasteiger partial charge on any atom is -0.388 e. The summed E-state index contributed by atoms with van der Waals surface area (Å²) in [6, 6.07) is 1.77. The number of piperidine rings is 1. The number of hydrogen-bond donors (Lipinski definition) is 2. The normalized spacial score (nSPS) is 24.1. The zero-order chi connectivity index (χ0) is 13.6. The van der Waals surface area contributed by atoms with Crippen molar-refractivity contribution in [1.29, 1.82) is 0 Å². The Hall–Kier alpha value is -1.89. The highest BCUT2D eigenvalue weighted by Gasteiger charge is 2.29. The van der Waals surface area contributed by atoms with Crippen molar-refractivity contribution in [2.24, 2.45) is 0 Å². The molecule has 0 spiro atoms. The summed E-state index contributed by atoms with van der Waals surface area (Å²) in [5, 5.41) is 16.5. The third-order valence-corrected chi connectivity index (χ3v) is 3.56. The Bertz CT molecular complexity index is 672. The molecule has 1 fully saturated rings. The first-order chi connectivity index (χ1) is 8.96. The molecule has 0 aliphatic carbocycles. The summed E-state index contributed by atoms with van der Waals surface area (Å²) < 4.78 is 1.44. The van der Waals surface area contributed by atoms with E-state index in [-0.39, 0.29) is 5.69 Å². The van der Waals surface area contributed by atoms with E-state index < -0.39 is 5.60 Å². The van der Waals surface area contributed by atoms with Gasteiger partial charge in [-0.05, 0) is 26.7 Å². The molecule has 2 N–H and O–H groups in total. The van der Waals surface area contributed by atoms with Gasteiger partial charge < -0.3 is 10.0 Å². The van der Waals surface area contributed by atoms with Gasteiger partial charge in [-0.2, -0.15) is 5.10 Å². The minimum atomic E-state index is -0.689. The molecule has 19 heavy (non-hydrogen) atoms. The fourth-order valence-corrected chi connectivity index (χ4v) is 2.66. The maximum Gasteiger partial charge on any atom is 0.349 e. The van der Waals surface area contributed by atoms with Crippen LogP contribution in [0.15, 0.2) is 10.9 Å². The SMILES string of the molecule is Cc1nc(N2CCCC(C)(O)C2)cc2n[nH]c(=O)n12. The molecule has 1 unspecified atom stereocenters. The van der Waals surface area contributed by atoms with Gasteiger partial charge in [0.15, 0.2) is 5.65 Å². The molecule has 7 nitrogen and oxygen atoms in total. The zero-order valence-corrected chi connectivity index (χ0v) is 11.1. The van der Waals surface area contributed by atoms with Gasteiger partial charge >= 0.3 is 5.69 Å². The fourth-order valence-electron chi connectivity index (χ4n) is 2.66. The number of aromatic amines is 1.